The van der Waals surface area contributed by atoms with E-state index < -0.39 is 15.7 Å². The molecule has 5 nitrogen and oxygen atoms in total. The molecule has 0 saturated carbocycles. The molecule has 0 aromatic heterocycles. The minimum Gasteiger partial charge on any atom is -0.366 e. The van der Waals surface area contributed by atoms with Crippen molar-refractivity contribution in [2.75, 3.05) is 12.3 Å². The predicted molar refractivity (Wildman–Crippen MR) is 88.7 cm³/mol. The van der Waals surface area contributed by atoms with Crippen LogP contribution in [0.1, 0.15) is 5.56 Å². The van der Waals surface area contributed by atoms with Crippen LogP contribution in [0.15, 0.2) is 35.7 Å². The van der Waals surface area contributed by atoms with Crippen LogP contribution < -0.4 is 5.14 Å². The average molecular weight is 365 g/mol. The first-order chi connectivity index (χ1) is 9.70. The SMILES string of the molecule is C=CCN1C(=S)SCC1(O)c1ccc(Cl)c(S(N)(=O)=O)c1. The van der Waals surface area contributed by atoms with Crippen molar-refractivity contribution in [2.45, 2.75) is 10.6 Å². The van der Waals surface area contributed by atoms with Crippen molar-refractivity contribution < 1.29 is 13.5 Å². The molecule has 0 amide bonds. The molecule has 1 saturated heterocycles. The lowest BCUT2D eigenvalue weighted by Crippen LogP contribution is -2.44. The highest BCUT2D eigenvalue weighted by Crippen LogP contribution is 2.40. The average Bonchev–Trinajstić information content (AvgIpc) is 2.68. The van der Waals surface area contributed by atoms with E-state index in [9.17, 15) is 13.5 Å². The number of sulfonamides is 1. The van der Waals surface area contributed by atoms with Gasteiger partial charge in [0.2, 0.25) is 10.0 Å². The van der Waals surface area contributed by atoms with Gasteiger partial charge in [-0.15, -0.1) is 6.58 Å². The molecule has 21 heavy (non-hydrogen) atoms. The van der Waals surface area contributed by atoms with Crippen LogP contribution in [-0.2, 0) is 15.7 Å². The molecule has 1 atom stereocenters. The number of thioether (sulfide) groups is 1. The molecule has 1 fully saturated rings. The minimum atomic E-state index is -3.98. The highest BCUT2D eigenvalue weighted by Gasteiger charge is 2.43. The molecule has 0 spiro atoms. The highest BCUT2D eigenvalue weighted by molar-refractivity contribution is 8.23. The summed E-state index contributed by atoms with van der Waals surface area (Å²) in [7, 11) is -3.98. The van der Waals surface area contributed by atoms with Crippen LogP contribution in [-0.4, -0.2) is 35.0 Å². The number of hydrogen-bond donors (Lipinski definition) is 2. The fourth-order valence-electron chi connectivity index (χ4n) is 2.03. The third-order valence-electron chi connectivity index (χ3n) is 3.08. The first-order valence-corrected chi connectivity index (χ1v) is 9.12. The van der Waals surface area contributed by atoms with E-state index in [2.05, 4.69) is 6.58 Å². The number of rotatable bonds is 4. The number of primary sulfonamides is 1. The van der Waals surface area contributed by atoms with E-state index in [1.54, 1.807) is 17.0 Å². The third-order valence-corrected chi connectivity index (χ3v) is 6.06. The van der Waals surface area contributed by atoms with E-state index in [1.807, 2.05) is 0 Å². The van der Waals surface area contributed by atoms with Crippen molar-refractivity contribution >= 4 is 49.9 Å². The second-order valence-corrected chi connectivity index (χ2v) is 8.01. The van der Waals surface area contributed by atoms with Crippen LogP contribution in [0.4, 0.5) is 0 Å². The summed E-state index contributed by atoms with van der Waals surface area (Å²) >= 11 is 12.4. The molecule has 0 aliphatic carbocycles. The Balaban J connectivity index is 2.55. The Morgan fingerprint density at radius 3 is 2.86 bits per heavy atom. The molecular weight excluding hydrogens is 352 g/mol. The largest absolute Gasteiger partial charge is 0.366 e. The van der Waals surface area contributed by atoms with Crippen LogP contribution in [0.25, 0.3) is 0 Å². The number of aliphatic hydroxyl groups is 1. The van der Waals surface area contributed by atoms with E-state index in [-0.39, 0.29) is 15.7 Å². The van der Waals surface area contributed by atoms with Crippen LogP contribution in [0.2, 0.25) is 5.02 Å². The van der Waals surface area contributed by atoms with Crippen LogP contribution >= 0.6 is 35.6 Å². The van der Waals surface area contributed by atoms with Gasteiger partial charge in [0.15, 0.2) is 5.72 Å². The molecule has 1 aromatic rings. The van der Waals surface area contributed by atoms with Crippen LogP contribution in [0.3, 0.4) is 0 Å². The number of nitrogens with zero attached hydrogens (tertiary/aromatic N) is 1. The fraction of sp³-hybridized carbons (Fsp3) is 0.250. The molecule has 0 bridgehead atoms. The molecule has 3 N–H and O–H groups in total. The highest BCUT2D eigenvalue weighted by atomic mass is 35.5. The number of thiocarbonyl (C=S) groups is 1. The van der Waals surface area contributed by atoms with Crippen molar-refractivity contribution in [3.63, 3.8) is 0 Å². The monoisotopic (exact) mass is 364 g/mol. The summed E-state index contributed by atoms with van der Waals surface area (Å²) < 4.78 is 23.6. The molecule has 114 valence electrons. The van der Waals surface area contributed by atoms with Gasteiger partial charge in [-0.25, -0.2) is 13.6 Å². The van der Waals surface area contributed by atoms with Gasteiger partial charge >= 0.3 is 0 Å². The summed E-state index contributed by atoms with van der Waals surface area (Å²) in [4.78, 5) is 1.35. The van der Waals surface area contributed by atoms with Gasteiger partial charge in [-0.2, -0.15) is 0 Å². The van der Waals surface area contributed by atoms with Gasteiger partial charge in [-0.05, 0) is 12.1 Å². The van der Waals surface area contributed by atoms with Gasteiger partial charge in [0.1, 0.15) is 9.22 Å². The molecule has 9 heteroatoms. The smallest absolute Gasteiger partial charge is 0.239 e. The number of hydrogen-bond acceptors (Lipinski definition) is 5. The Labute approximate surface area is 137 Å². The number of benzene rings is 1. The zero-order valence-electron chi connectivity index (χ0n) is 10.8. The van der Waals surface area contributed by atoms with E-state index >= 15 is 0 Å². The van der Waals surface area contributed by atoms with Crippen molar-refractivity contribution in [2.24, 2.45) is 5.14 Å². The Morgan fingerprint density at radius 2 is 2.29 bits per heavy atom. The molecule has 1 heterocycles. The summed E-state index contributed by atoms with van der Waals surface area (Å²) in [6, 6.07) is 4.23. The summed E-state index contributed by atoms with van der Waals surface area (Å²) in [6.45, 7) is 3.97. The zero-order valence-corrected chi connectivity index (χ0v) is 14.0. The van der Waals surface area contributed by atoms with Crippen LogP contribution in [0, 0.1) is 0 Å². The molecular formula is C12H13ClN2O3S3. The lowest BCUT2D eigenvalue weighted by molar-refractivity contribution is -0.0412. The number of nitrogens with two attached hydrogens (primary N) is 1. The van der Waals surface area contributed by atoms with Gasteiger partial charge in [-0.1, -0.05) is 47.7 Å². The number of halogens is 1. The summed E-state index contributed by atoms with van der Waals surface area (Å²) in [5.41, 5.74) is -1.05. The van der Waals surface area contributed by atoms with Crippen molar-refractivity contribution in [3.05, 3.63) is 41.4 Å². The van der Waals surface area contributed by atoms with E-state index in [1.165, 1.54) is 23.9 Å². The second-order valence-electron chi connectivity index (χ2n) is 4.46. The Hall–Kier alpha value is -0.640. The van der Waals surface area contributed by atoms with Gasteiger partial charge in [0.25, 0.3) is 0 Å². The van der Waals surface area contributed by atoms with Gasteiger partial charge in [0.05, 0.1) is 10.8 Å². The topological polar surface area (TPSA) is 83.6 Å². The van der Waals surface area contributed by atoms with Crippen molar-refractivity contribution in [3.8, 4) is 0 Å². The summed E-state index contributed by atoms with van der Waals surface area (Å²) in [6.07, 6.45) is 1.61. The quantitative estimate of drug-likeness (QED) is 0.624. The van der Waals surface area contributed by atoms with E-state index in [0.717, 1.165) is 0 Å². The standard InChI is InChI=1S/C12H13ClN2O3S3/c1-2-5-15-11(19)20-7-12(15,16)8-3-4-9(13)10(6-8)21(14,17)18/h2-4,6,16H,1,5,7H2,(H2,14,17,18). The lowest BCUT2D eigenvalue weighted by Gasteiger charge is -2.33. The van der Waals surface area contributed by atoms with Crippen molar-refractivity contribution in [1.82, 2.24) is 4.90 Å². The van der Waals surface area contributed by atoms with Gasteiger partial charge in [-0.3, -0.25) is 0 Å². The van der Waals surface area contributed by atoms with Crippen molar-refractivity contribution in [1.29, 1.82) is 0 Å². The summed E-state index contributed by atoms with van der Waals surface area (Å²) in [5, 5.41) is 16.0. The molecule has 1 unspecified atom stereocenters. The van der Waals surface area contributed by atoms with E-state index in [0.29, 0.717) is 16.4 Å². The first kappa shape index (κ1) is 16.7. The van der Waals surface area contributed by atoms with E-state index in [4.69, 9.17) is 29.0 Å². The Bertz CT molecular complexity index is 708. The maximum absolute atomic E-state index is 11.5. The Morgan fingerprint density at radius 1 is 1.62 bits per heavy atom. The molecule has 1 aromatic carbocycles. The lowest BCUT2D eigenvalue weighted by atomic mass is 10.0. The molecule has 1 aliphatic heterocycles. The molecule has 1 aliphatic rings. The van der Waals surface area contributed by atoms with Gasteiger partial charge < -0.3 is 10.0 Å². The maximum Gasteiger partial charge on any atom is 0.239 e. The predicted octanol–water partition coefficient (Wildman–Crippen LogP) is 1.65. The molecule has 0 radical (unpaired) electrons. The zero-order chi connectivity index (χ0) is 15.8. The second kappa shape index (κ2) is 5.86. The summed E-state index contributed by atoms with van der Waals surface area (Å²) in [5.74, 6) is 0.283. The van der Waals surface area contributed by atoms with Gasteiger partial charge in [0, 0.05) is 12.1 Å². The normalized spacial score (nSPS) is 22.6. The third kappa shape index (κ3) is 3.10. The maximum atomic E-state index is 11.5. The minimum absolute atomic E-state index is 0.00773. The Kier molecular flexibility index (Phi) is 4.67. The van der Waals surface area contributed by atoms with Crippen LogP contribution in [0.5, 0.6) is 0 Å². The first-order valence-electron chi connectivity index (χ1n) is 5.80. The molecule has 2 rings (SSSR count). The fourth-order valence-corrected chi connectivity index (χ4v) is 4.54.